The Morgan fingerprint density at radius 3 is 2.84 bits per heavy atom. The van der Waals surface area contributed by atoms with E-state index in [4.69, 9.17) is 4.42 Å². The van der Waals surface area contributed by atoms with Crippen LogP contribution in [-0.2, 0) is 10.5 Å². The topological polar surface area (TPSA) is 77.5 Å². The number of thioether (sulfide) groups is 1. The fraction of sp³-hybridized carbons (Fsp3) is 0.222. The Morgan fingerprint density at radius 2 is 2.16 bits per heavy atom. The van der Waals surface area contributed by atoms with E-state index in [0.717, 1.165) is 0 Å². The summed E-state index contributed by atoms with van der Waals surface area (Å²) >= 11 is 1.20. The molecule has 1 aromatic heterocycles. The lowest BCUT2D eigenvalue weighted by Gasteiger charge is -2.36. The number of furan rings is 1. The summed E-state index contributed by atoms with van der Waals surface area (Å²) in [6.07, 6.45) is 1.33. The zero-order valence-electron chi connectivity index (χ0n) is 13.0. The third-order valence-corrected chi connectivity index (χ3v) is 5.73. The summed E-state index contributed by atoms with van der Waals surface area (Å²) in [4.78, 5) is 14.0. The molecule has 2 atom stereocenters. The van der Waals surface area contributed by atoms with Crippen molar-refractivity contribution in [1.82, 2.24) is 4.90 Å². The van der Waals surface area contributed by atoms with E-state index in [1.807, 2.05) is 0 Å². The van der Waals surface area contributed by atoms with Gasteiger partial charge in [0.1, 0.15) is 5.82 Å². The third kappa shape index (κ3) is 2.29. The van der Waals surface area contributed by atoms with Crippen LogP contribution in [0.15, 0.2) is 57.7 Å². The molecule has 0 radical (unpaired) electrons. The summed E-state index contributed by atoms with van der Waals surface area (Å²) in [6.45, 7) is 0. The van der Waals surface area contributed by atoms with E-state index < -0.39 is 17.5 Å². The number of allylic oxidation sites excluding steroid dienone is 1. The van der Waals surface area contributed by atoms with Crippen LogP contribution in [0.1, 0.15) is 23.7 Å². The Morgan fingerprint density at radius 1 is 1.36 bits per heavy atom. The van der Waals surface area contributed by atoms with E-state index >= 15 is 0 Å². The van der Waals surface area contributed by atoms with Crippen LogP contribution in [0.25, 0.3) is 0 Å². The first kappa shape index (κ1) is 15.9. The monoisotopic (exact) mass is 356 g/mol. The van der Waals surface area contributed by atoms with Crippen LogP contribution in [0.3, 0.4) is 0 Å². The maximum Gasteiger partial charge on any atom is 0.231 e. The first-order chi connectivity index (χ1) is 12.1. The van der Waals surface area contributed by atoms with Crippen molar-refractivity contribution in [3.63, 3.8) is 0 Å². The highest BCUT2D eigenvalue weighted by molar-refractivity contribution is 8.03. The number of hydrogen-bond acceptors (Lipinski definition) is 5. The number of aliphatic hydroxyl groups is 1. The van der Waals surface area contributed by atoms with E-state index in [1.54, 1.807) is 30.3 Å². The Bertz CT molecular complexity index is 919. The molecule has 7 heteroatoms. The second kappa shape index (κ2) is 5.76. The quantitative estimate of drug-likeness (QED) is 0.895. The lowest BCUT2D eigenvalue weighted by atomic mass is 9.85. The molecule has 0 bridgehead atoms. The van der Waals surface area contributed by atoms with Crippen molar-refractivity contribution in [3.05, 3.63) is 70.4 Å². The van der Waals surface area contributed by atoms with Gasteiger partial charge in [0, 0.05) is 12.3 Å². The molecule has 5 nitrogen and oxygen atoms in total. The minimum atomic E-state index is -1.64. The fourth-order valence-corrected chi connectivity index (χ4v) is 4.67. The van der Waals surface area contributed by atoms with Gasteiger partial charge >= 0.3 is 0 Å². The summed E-state index contributed by atoms with van der Waals surface area (Å²) < 4.78 is 19.5. The smallest absolute Gasteiger partial charge is 0.231 e. The van der Waals surface area contributed by atoms with Crippen LogP contribution in [0.4, 0.5) is 4.39 Å². The van der Waals surface area contributed by atoms with Gasteiger partial charge < -0.3 is 9.52 Å². The maximum atomic E-state index is 14.2. The van der Waals surface area contributed by atoms with Gasteiger partial charge in [0.2, 0.25) is 11.6 Å². The van der Waals surface area contributed by atoms with Crippen molar-refractivity contribution in [3.8, 4) is 6.07 Å². The van der Waals surface area contributed by atoms with Gasteiger partial charge in [-0.05, 0) is 23.8 Å². The number of carbonyl (C=O) groups excluding carboxylic acids is 1. The van der Waals surface area contributed by atoms with Gasteiger partial charge in [0.15, 0.2) is 5.76 Å². The summed E-state index contributed by atoms with van der Waals surface area (Å²) in [7, 11) is 0. The average Bonchev–Trinajstić information content (AvgIpc) is 3.25. The van der Waals surface area contributed by atoms with Gasteiger partial charge in [0.25, 0.3) is 0 Å². The van der Waals surface area contributed by atoms with Crippen LogP contribution in [0, 0.1) is 17.1 Å². The number of hydrogen-bond donors (Lipinski definition) is 1. The molecular formula is C18H13FN2O3S. The SMILES string of the molecule is N#CC1=C2SC[C@](O)(c3ccco3)N2C(=O)C[C@H]1c1ccccc1F. The minimum absolute atomic E-state index is 0.0864. The summed E-state index contributed by atoms with van der Waals surface area (Å²) in [5, 5.41) is 21.0. The first-order valence-electron chi connectivity index (χ1n) is 7.67. The van der Waals surface area contributed by atoms with Crippen molar-refractivity contribution < 1.29 is 18.7 Å². The molecular weight excluding hydrogens is 343 g/mol. The lowest BCUT2D eigenvalue weighted by molar-refractivity contribution is -0.152. The van der Waals surface area contributed by atoms with Crippen LogP contribution < -0.4 is 0 Å². The number of benzene rings is 1. The summed E-state index contributed by atoms with van der Waals surface area (Å²) in [5.41, 5.74) is -1.03. The van der Waals surface area contributed by atoms with Crippen molar-refractivity contribution >= 4 is 17.7 Å². The second-order valence-electron chi connectivity index (χ2n) is 5.92. The molecule has 0 spiro atoms. The largest absolute Gasteiger partial charge is 0.464 e. The van der Waals surface area contributed by atoms with Crippen LogP contribution in [0.2, 0.25) is 0 Å². The van der Waals surface area contributed by atoms with Crippen molar-refractivity contribution in [2.75, 3.05) is 5.75 Å². The molecule has 0 aliphatic carbocycles. The van der Waals surface area contributed by atoms with E-state index in [2.05, 4.69) is 6.07 Å². The molecule has 126 valence electrons. The Labute approximate surface area is 147 Å². The molecule has 3 heterocycles. The van der Waals surface area contributed by atoms with Crippen molar-refractivity contribution in [1.29, 1.82) is 5.26 Å². The van der Waals surface area contributed by atoms with Crippen LogP contribution in [-0.4, -0.2) is 21.7 Å². The highest BCUT2D eigenvalue weighted by Gasteiger charge is 2.53. The Hall–Kier alpha value is -2.56. The van der Waals surface area contributed by atoms with Gasteiger partial charge in [-0.3, -0.25) is 9.69 Å². The number of halogens is 1. The van der Waals surface area contributed by atoms with E-state index in [-0.39, 0.29) is 29.4 Å². The van der Waals surface area contributed by atoms with Crippen LogP contribution >= 0.6 is 11.8 Å². The summed E-state index contributed by atoms with van der Waals surface area (Å²) in [5.74, 6) is -1.09. The molecule has 2 aromatic rings. The minimum Gasteiger partial charge on any atom is -0.464 e. The van der Waals surface area contributed by atoms with E-state index in [9.17, 15) is 19.6 Å². The first-order valence-corrected chi connectivity index (χ1v) is 8.65. The normalized spacial score (nSPS) is 25.9. The Balaban J connectivity index is 1.85. The number of rotatable bonds is 2. The standard InChI is InChI=1S/C18H13FN2O3S/c19-14-5-2-1-4-11(14)12-8-16(22)21-17(13(12)9-20)25-10-18(21,23)15-6-3-7-24-15/h1-7,12,23H,8,10H2/t12-,18-/m0/s1. The molecule has 1 saturated heterocycles. The van der Waals surface area contributed by atoms with Crippen molar-refractivity contribution in [2.45, 2.75) is 18.1 Å². The molecule has 0 saturated carbocycles. The molecule has 2 aliphatic heterocycles. The van der Waals surface area contributed by atoms with E-state index in [0.29, 0.717) is 10.6 Å². The van der Waals surface area contributed by atoms with Gasteiger partial charge in [-0.2, -0.15) is 5.26 Å². The zero-order chi connectivity index (χ0) is 17.6. The predicted octanol–water partition coefficient (Wildman–Crippen LogP) is 3.06. The van der Waals surface area contributed by atoms with Crippen LogP contribution in [0.5, 0.6) is 0 Å². The highest BCUT2D eigenvalue weighted by Crippen LogP contribution is 2.51. The van der Waals surface area contributed by atoms with Gasteiger partial charge in [-0.1, -0.05) is 18.2 Å². The molecule has 1 amide bonds. The molecule has 25 heavy (non-hydrogen) atoms. The molecule has 4 rings (SSSR count). The Kier molecular flexibility index (Phi) is 3.67. The number of nitriles is 1. The molecule has 1 aromatic carbocycles. The molecule has 1 N–H and O–H groups in total. The van der Waals surface area contributed by atoms with Crippen molar-refractivity contribution in [2.24, 2.45) is 0 Å². The fourth-order valence-electron chi connectivity index (χ4n) is 3.34. The second-order valence-corrected chi connectivity index (χ2v) is 6.88. The number of nitrogens with zero attached hydrogens (tertiary/aromatic N) is 2. The predicted molar refractivity (Wildman–Crippen MR) is 88.3 cm³/mol. The lowest BCUT2D eigenvalue weighted by Crippen LogP contribution is -2.48. The molecule has 1 fully saturated rings. The average molecular weight is 356 g/mol. The van der Waals surface area contributed by atoms with Gasteiger partial charge in [0.05, 0.1) is 28.7 Å². The zero-order valence-corrected chi connectivity index (χ0v) is 13.8. The highest BCUT2D eigenvalue weighted by atomic mass is 32.2. The molecule has 0 unspecified atom stereocenters. The van der Waals surface area contributed by atoms with Gasteiger partial charge in [-0.25, -0.2) is 4.39 Å². The third-order valence-electron chi connectivity index (χ3n) is 4.51. The summed E-state index contributed by atoms with van der Waals surface area (Å²) in [6, 6.07) is 11.5. The molecule has 2 aliphatic rings. The maximum absolute atomic E-state index is 14.2. The van der Waals surface area contributed by atoms with E-state index in [1.165, 1.54) is 29.0 Å². The number of fused-ring (bicyclic) bond motifs is 1. The number of amides is 1. The van der Waals surface area contributed by atoms with Gasteiger partial charge in [-0.15, -0.1) is 11.8 Å². The number of carbonyl (C=O) groups is 1.